The van der Waals surface area contributed by atoms with Crippen molar-refractivity contribution in [2.75, 3.05) is 7.11 Å². The van der Waals surface area contributed by atoms with Crippen LogP contribution in [-0.2, 0) is 4.74 Å². The molecule has 3 N–H and O–H groups in total. The van der Waals surface area contributed by atoms with Gasteiger partial charge in [0.05, 0.1) is 13.2 Å². The maximum Gasteiger partial charge on any atom is 0.407 e. The molecule has 0 heterocycles. The Bertz CT molecular complexity index is 216. The molecule has 0 spiro atoms. The van der Waals surface area contributed by atoms with Crippen LogP contribution >= 0.6 is 0 Å². The van der Waals surface area contributed by atoms with Gasteiger partial charge < -0.3 is 15.8 Å². The molecule has 0 aliphatic heterocycles. The maximum atomic E-state index is 11.0. The highest BCUT2D eigenvalue weighted by Crippen LogP contribution is 2.11. The van der Waals surface area contributed by atoms with Crippen LogP contribution in [-0.4, -0.2) is 25.3 Å². The Labute approximate surface area is 84.5 Å². The molecule has 4 nitrogen and oxygen atoms in total. The molecule has 0 saturated carbocycles. The first kappa shape index (κ1) is 11.0. The maximum absolute atomic E-state index is 11.0. The van der Waals surface area contributed by atoms with E-state index >= 15 is 0 Å². The Kier molecular flexibility index (Phi) is 4.46. The van der Waals surface area contributed by atoms with Crippen molar-refractivity contribution in [1.82, 2.24) is 5.32 Å². The number of alkyl carbamates (subject to hydrolysis) is 1. The first-order valence-corrected chi connectivity index (χ1v) is 4.99. The predicted octanol–water partition coefficient (Wildman–Crippen LogP) is 1.17. The van der Waals surface area contributed by atoms with Crippen molar-refractivity contribution in [1.29, 1.82) is 0 Å². The highest BCUT2D eigenvalue weighted by molar-refractivity contribution is 5.67. The standard InChI is InChI=1S/C10H18N2O2/c1-14-10(13)12-9-7-5-3-2-4-6-8(9)11/h3,5,8-9H,2,4,6-7,11H2,1H3,(H,12,13)/b5-3+/t8-,9-/m1/s1. The van der Waals surface area contributed by atoms with E-state index in [2.05, 4.69) is 22.2 Å². The molecule has 1 aliphatic rings. The van der Waals surface area contributed by atoms with Crippen LogP contribution in [0, 0.1) is 0 Å². The van der Waals surface area contributed by atoms with Crippen LogP contribution in [0.15, 0.2) is 12.2 Å². The van der Waals surface area contributed by atoms with Crippen LogP contribution in [0.25, 0.3) is 0 Å². The van der Waals surface area contributed by atoms with Gasteiger partial charge in [0.15, 0.2) is 0 Å². The van der Waals surface area contributed by atoms with Crippen molar-refractivity contribution in [2.45, 2.75) is 37.8 Å². The van der Waals surface area contributed by atoms with E-state index in [1.54, 1.807) is 0 Å². The fourth-order valence-corrected chi connectivity index (χ4v) is 1.58. The first-order valence-electron chi connectivity index (χ1n) is 4.99. The van der Waals surface area contributed by atoms with Crippen molar-refractivity contribution in [3.63, 3.8) is 0 Å². The number of nitrogens with one attached hydrogen (secondary N) is 1. The van der Waals surface area contributed by atoms with Gasteiger partial charge in [-0.25, -0.2) is 4.79 Å². The first-order chi connectivity index (χ1) is 6.74. The van der Waals surface area contributed by atoms with Crippen molar-refractivity contribution in [3.8, 4) is 0 Å². The second kappa shape index (κ2) is 5.65. The quantitative estimate of drug-likeness (QED) is 0.621. The fraction of sp³-hybridized carbons (Fsp3) is 0.700. The highest BCUT2D eigenvalue weighted by Gasteiger charge is 2.19. The SMILES string of the molecule is COC(=O)N[C@@H]1C/C=C/CCC[C@H]1N. The third kappa shape index (κ3) is 3.38. The number of rotatable bonds is 1. The number of carbonyl (C=O) groups is 1. The van der Waals surface area contributed by atoms with E-state index in [1.165, 1.54) is 7.11 Å². The lowest BCUT2D eigenvalue weighted by Crippen LogP contribution is -2.47. The molecule has 0 aromatic rings. The van der Waals surface area contributed by atoms with Gasteiger partial charge in [0, 0.05) is 6.04 Å². The van der Waals surface area contributed by atoms with Crippen LogP contribution in [0.4, 0.5) is 4.79 Å². The Morgan fingerprint density at radius 1 is 1.57 bits per heavy atom. The van der Waals surface area contributed by atoms with E-state index in [0.29, 0.717) is 0 Å². The van der Waals surface area contributed by atoms with Gasteiger partial charge in [-0.3, -0.25) is 0 Å². The summed E-state index contributed by atoms with van der Waals surface area (Å²) >= 11 is 0. The van der Waals surface area contributed by atoms with E-state index in [1.807, 2.05) is 0 Å². The van der Waals surface area contributed by atoms with E-state index < -0.39 is 6.09 Å². The van der Waals surface area contributed by atoms with Gasteiger partial charge in [-0.1, -0.05) is 12.2 Å². The molecule has 0 unspecified atom stereocenters. The van der Waals surface area contributed by atoms with Gasteiger partial charge in [-0.2, -0.15) is 0 Å². The number of carbonyl (C=O) groups excluding carboxylic acids is 1. The minimum Gasteiger partial charge on any atom is -0.453 e. The monoisotopic (exact) mass is 198 g/mol. The highest BCUT2D eigenvalue weighted by atomic mass is 16.5. The lowest BCUT2D eigenvalue weighted by Gasteiger charge is -2.24. The van der Waals surface area contributed by atoms with Crippen molar-refractivity contribution in [2.24, 2.45) is 5.73 Å². The van der Waals surface area contributed by atoms with Crippen LogP contribution in [0.2, 0.25) is 0 Å². The number of hydrogen-bond donors (Lipinski definition) is 2. The third-order valence-corrected chi connectivity index (χ3v) is 2.47. The summed E-state index contributed by atoms with van der Waals surface area (Å²) in [5.41, 5.74) is 5.95. The minimum absolute atomic E-state index is 0.000926. The molecule has 4 heteroatoms. The summed E-state index contributed by atoms with van der Waals surface area (Å²) in [6, 6.07) is 0.0260. The van der Waals surface area contributed by atoms with Crippen LogP contribution in [0.5, 0.6) is 0 Å². The van der Waals surface area contributed by atoms with Crippen molar-refractivity contribution >= 4 is 6.09 Å². The third-order valence-electron chi connectivity index (χ3n) is 2.47. The summed E-state index contributed by atoms with van der Waals surface area (Å²) < 4.78 is 4.54. The molecule has 0 saturated heterocycles. The Morgan fingerprint density at radius 2 is 2.36 bits per heavy atom. The smallest absolute Gasteiger partial charge is 0.407 e. The fourth-order valence-electron chi connectivity index (χ4n) is 1.58. The summed E-state index contributed by atoms with van der Waals surface area (Å²) in [5, 5.41) is 2.75. The van der Waals surface area contributed by atoms with Crippen LogP contribution < -0.4 is 11.1 Å². The van der Waals surface area contributed by atoms with Gasteiger partial charge in [0.25, 0.3) is 0 Å². The summed E-state index contributed by atoms with van der Waals surface area (Å²) in [7, 11) is 1.36. The van der Waals surface area contributed by atoms with E-state index in [0.717, 1.165) is 25.7 Å². The van der Waals surface area contributed by atoms with Crippen molar-refractivity contribution < 1.29 is 9.53 Å². The molecule has 1 aliphatic carbocycles. The Balaban J connectivity index is 2.49. The molecular formula is C10H18N2O2. The molecule has 2 atom stereocenters. The Morgan fingerprint density at radius 3 is 3.07 bits per heavy atom. The predicted molar refractivity (Wildman–Crippen MR) is 54.9 cm³/mol. The molecule has 0 fully saturated rings. The number of allylic oxidation sites excluding steroid dienone is 1. The van der Waals surface area contributed by atoms with Crippen LogP contribution in [0.1, 0.15) is 25.7 Å². The van der Waals surface area contributed by atoms with Gasteiger partial charge in [0.1, 0.15) is 0 Å². The van der Waals surface area contributed by atoms with E-state index in [9.17, 15) is 4.79 Å². The minimum atomic E-state index is -0.403. The summed E-state index contributed by atoms with van der Waals surface area (Å²) in [5.74, 6) is 0. The molecule has 1 rings (SSSR count). The van der Waals surface area contributed by atoms with Gasteiger partial charge in [-0.05, 0) is 25.7 Å². The number of methoxy groups -OCH3 is 1. The molecule has 0 radical (unpaired) electrons. The zero-order chi connectivity index (χ0) is 10.4. The lowest BCUT2D eigenvalue weighted by molar-refractivity contribution is 0.164. The second-order valence-corrected chi connectivity index (χ2v) is 3.54. The zero-order valence-corrected chi connectivity index (χ0v) is 8.53. The molecule has 0 bridgehead atoms. The number of nitrogens with two attached hydrogens (primary N) is 1. The molecule has 80 valence electrons. The van der Waals surface area contributed by atoms with Crippen molar-refractivity contribution in [3.05, 3.63) is 12.2 Å². The Hall–Kier alpha value is -1.03. The molecule has 0 aromatic heterocycles. The molecule has 1 amide bonds. The largest absolute Gasteiger partial charge is 0.453 e. The van der Waals surface area contributed by atoms with E-state index in [-0.39, 0.29) is 12.1 Å². The summed E-state index contributed by atoms with van der Waals surface area (Å²) in [4.78, 5) is 11.0. The average Bonchev–Trinajstić information content (AvgIpc) is 2.17. The lowest BCUT2D eigenvalue weighted by atomic mass is 9.97. The molecular weight excluding hydrogens is 180 g/mol. The van der Waals surface area contributed by atoms with E-state index in [4.69, 9.17) is 5.73 Å². The van der Waals surface area contributed by atoms with Gasteiger partial charge >= 0.3 is 6.09 Å². The number of amides is 1. The van der Waals surface area contributed by atoms with Gasteiger partial charge in [0.2, 0.25) is 0 Å². The topological polar surface area (TPSA) is 64.3 Å². The normalized spacial score (nSPS) is 29.9. The molecule has 0 aromatic carbocycles. The second-order valence-electron chi connectivity index (χ2n) is 3.54. The number of hydrogen-bond acceptors (Lipinski definition) is 3. The molecule has 14 heavy (non-hydrogen) atoms. The van der Waals surface area contributed by atoms with Gasteiger partial charge in [-0.15, -0.1) is 0 Å². The van der Waals surface area contributed by atoms with Crippen LogP contribution in [0.3, 0.4) is 0 Å². The zero-order valence-electron chi connectivity index (χ0n) is 8.53. The average molecular weight is 198 g/mol. The summed E-state index contributed by atoms with van der Waals surface area (Å²) in [6.07, 6.45) is 7.70. The number of ether oxygens (including phenoxy) is 1. The summed E-state index contributed by atoms with van der Waals surface area (Å²) in [6.45, 7) is 0.